The van der Waals surface area contributed by atoms with Gasteiger partial charge in [-0.25, -0.2) is 0 Å². The molecule has 4 aromatic rings. The van der Waals surface area contributed by atoms with Gasteiger partial charge in [0.15, 0.2) is 17.6 Å². The van der Waals surface area contributed by atoms with Crippen molar-refractivity contribution in [3.05, 3.63) is 105 Å². The van der Waals surface area contributed by atoms with Crippen molar-refractivity contribution < 1.29 is 19.0 Å². The number of aromatic nitrogens is 2. The third-order valence-corrected chi connectivity index (χ3v) is 8.00. The van der Waals surface area contributed by atoms with Gasteiger partial charge in [-0.1, -0.05) is 41.4 Å². The molecule has 0 saturated heterocycles. The molecule has 0 saturated carbocycles. The number of primary amides is 1. The lowest BCUT2D eigenvalue weighted by molar-refractivity contribution is -0.124. The third kappa shape index (κ3) is 5.61. The Balaban J connectivity index is 1.14. The van der Waals surface area contributed by atoms with E-state index in [1.54, 1.807) is 16.8 Å². The molecule has 0 aliphatic carbocycles. The Morgan fingerprint density at radius 2 is 1.85 bits per heavy atom. The smallest absolute Gasteiger partial charge is 0.235 e. The monoisotopic (exact) mass is 578 g/mol. The number of nitrogens with two attached hydrogens (primary N) is 1. The van der Waals surface area contributed by atoms with Crippen molar-refractivity contribution in [2.24, 2.45) is 12.8 Å². The summed E-state index contributed by atoms with van der Waals surface area (Å²) in [6.07, 6.45) is 2.14. The number of amides is 1. The zero-order valence-corrected chi connectivity index (χ0v) is 23.4. The van der Waals surface area contributed by atoms with E-state index in [0.717, 1.165) is 33.7 Å². The van der Waals surface area contributed by atoms with Gasteiger partial charge in [-0.3, -0.25) is 14.4 Å². The normalized spacial score (nSPS) is 18.3. The fraction of sp³-hybridized carbons (Fsp3) is 0.267. The molecule has 2 aliphatic rings. The largest absolute Gasteiger partial charge is 0.489 e. The summed E-state index contributed by atoms with van der Waals surface area (Å²) in [6.45, 7) is 1.85. The molecule has 2 atom stereocenters. The first-order valence-electron chi connectivity index (χ1n) is 13.0. The van der Waals surface area contributed by atoms with Gasteiger partial charge in [0.05, 0.1) is 21.8 Å². The molecule has 0 bridgehead atoms. The van der Waals surface area contributed by atoms with Gasteiger partial charge in [0, 0.05) is 26.3 Å². The second kappa shape index (κ2) is 11.0. The number of halogens is 2. The quantitative estimate of drug-likeness (QED) is 0.323. The van der Waals surface area contributed by atoms with Crippen molar-refractivity contribution in [3.8, 4) is 17.2 Å². The second-order valence-corrected chi connectivity index (χ2v) is 10.9. The Labute approximate surface area is 242 Å². The molecular weight excluding hydrogens is 551 g/mol. The maximum absolute atomic E-state index is 12.3. The predicted octanol–water partition coefficient (Wildman–Crippen LogP) is 5.23. The van der Waals surface area contributed by atoms with Gasteiger partial charge < -0.3 is 19.9 Å². The number of hydrogen-bond donors (Lipinski definition) is 1. The van der Waals surface area contributed by atoms with Crippen molar-refractivity contribution in [2.75, 3.05) is 6.61 Å². The van der Waals surface area contributed by atoms with Crippen LogP contribution < -0.4 is 19.9 Å². The summed E-state index contributed by atoms with van der Waals surface area (Å²) in [7, 11) is 1.87. The number of ether oxygens (including phenoxy) is 3. The van der Waals surface area contributed by atoms with Crippen molar-refractivity contribution in [1.82, 2.24) is 14.7 Å². The fourth-order valence-corrected chi connectivity index (χ4v) is 5.47. The number of aryl methyl sites for hydroxylation is 1. The first kappa shape index (κ1) is 26.5. The summed E-state index contributed by atoms with van der Waals surface area (Å²) in [6, 6.07) is 18.8. The maximum atomic E-state index is 12.3. The molecule has 3 aromatic carbocycles. The van der Waals surface area contributed by atoms with E-state index >= 15 is 0 Å². The molecule has 1 amide bonds. The van der Waals surface area contributed by atoms with E-state index in [1.165, 1.54) is 0 Å². The lowest BCUT2D eigenvalue weighted by Crippen LogP contribution is -2.48. The molecule has 2 unspecified atom stereocenters. The van der Waals surface area contributed by atoms with Crippen LogP contribution in [0.3, 0.4) is 0 Å². The van der Waals surface area contributed by atoms with Crippen molar-refractivity contribution >= 4 is 29.1 Å². The highest BCUT2D eigenvalue weighted by atomic mass is 35.5. The van der Waals surface area contributed by atoms with Crippen molar-refractivity contribution in [3.63, 3.8) is 0 Å². The molecule has 1 aromatic heterocycles. The Kier molecular flexibility index (Phi) is 7.31. The molecule has 206 valence electrons. The maximum Gasteiger partial charge on any atom is 0.235 e. The lowest BCUT2D eigenvalue weighted by Gasteiger charge is -2.36. The summed E-state index contributed by atoms with van der Waals surface area (Å²) >= 11 is 12.1. The van der Waals surface area contributed by atoms with Crippen LogP contribution in [0.4, 0.5) is 0 Å². The summed E-state index contributed by atoms with van der Waals surface area (Å²) < 4.78 is 20.2. The lowest BCUT2D eigenvalue weighted by atomic mass is 9.92. The number of hydrogen-bond acceptors (Lipinski definition) is 6. The van der Waals surface area contributed by atoms with Crippen LogP contribution in [-0.2, 0) is 38.0 Å². The highest BCUT2D eigenvalue weighted by Gasteiger charge is 2.33. The molecule has 3 heterocycles. The first-order valence-corrected chi connectivity index (χ1v) is 13.7. The molecule has 2 aliphatic heterocycles. The van der Waals surface area contributed by atoms with Crippen LogP contribution >= 0.6 is 23.2 Å². The van der Waals surface area contributed by atoms with Crippen LogP contribution in [0.2, 0.25) is 10.0 Å². The molecule has 6 rings (SSSR count). The summed E-state index contributed by atoms with van der Waals surface area (Å²) in [4.78, 5) is 14.4. The number of carbonyl (C=O) groups excluding carboxylic acids is 1. The van der Waals surface area contributed by atoms with Gasteiger partial charge in [0.25, 0.3) is 0 Å². The molecular formula is C30H28Cl2N4O4. The zero-order valence-electron chi connectivity index (χ0n) is 21.8. The van der Waals surface area contributed by atoms with Gasteiger partial charge in [-0.2, -0.15) is 5.10 Å². The summed E-state index contributed by atoms with van der Waals surface area (Å²) in [5.41, 5.74) is 10.7. The average Bonchev–Trinajstić information content (AvgIpc) is 3.36. The third-order valence-electron chi connectivity index (χ3n) is 7.26. The van der Waals surface area contributed by atoms with Gasteiger partial charge in [0.1, 0.15) is 19.0 Å². The van der Waals surface area contributed by atoms with Crippen LogP contribution in [0.15, 0.2) is 66.9 Å². The molecule has 0 spiro atoms. The van der Waals surface area contributed by atoms with Gasteiger partial charge in [-0.15, -0.1) is 0 Å². The van der Waals surface area contributed by atoms with Crippen molar-refractivity contribution in [1.29, 1.82) is 0 Å². The van der Waals surface area contributed by atoms with Crippen LogP contribution in [-0.4, -0.2) is 33.2 Å². The van der Waals surface area contributed by atoms with Gasteiger partial charge in [0.2, 0.25) is 5.91 Å². The predicted molar refractivity (Wildman–Crippen MR) is 152 cm³/mol. The Morgan fingerprint density at radius 1 is 1.05 bits per heavy atom. The standard InChI is InChI=1S/C30H28Cl2N4O4/c1-35-9-8-22(34-35)15-36-14-21-13-28-27(12-20(21)11-26(36)30(33)37)39-17-29(40-28)19-3-5-23(6-4-19)38-16-18-2-7-24(31)25(32)10-18/h2-10,12-13,26,29H,11,14-17H2,1H3,(H2,33,37). The second-order valence-electron chi connectivity index (χ2n) is 10.1. The van der Waals surface area contributed by atoms with Gasteiger partial charge >= 0.3 is 0 Å². The molecule has 40 heavy (non-hydrogen) atoms. The highest BCUT2D eigenvalue weighted by molar-refractivity contribution is 6.42. The van der Waals surface area contributed by atoms with E-state index in [-0.39, 0.29) is 12.0 Å². The van der Waals surface area contributed by atoms with E-state index in [9.17, 15) is 4.79 Å². The van der Waals surface area contributed by atoms with Crippen molar-refractivity contribution in [2.45, 2.75) is 38.3 Å². The zero-order chi connectivity index (χ0) is 27.8. The fourth-order valence-electron chi connectivity index (χ4n) is 5.15. The molecule has 0 fully saturated rings. The molecule has 0 radical (unpaired) electrons. The molecule has 10 heteroatoms. The minimum Gasteiger partial charge on any atom is -0.489 e. The van der Waals surface area contributed by atoms with E-state index in [1.807, 2.05) is 61.8 Å². The topological polar surface area (TPSA) is 91.8 Å². The highest BCUT2D eigenvalue weighted by Crippen LogP contribution is 2.41. The average molecular weight is 579 g/mol. The SMILES string of the molecule is Cn1ccc(CN2Cc3cc4c(cc3CC2C(N)=O)OCC(c2ccc(OCc3ccc(Cl)c(Cl)c3)cc2)O4)n1. The van der Waals surface area contributed by atoms with Gasteiger partial charge in [-0.05, 0) is 71.1 Å². The van der Waals surface area contributed by atoms with E-state index in [4.69, 9.17) is 43.1 Å². The minimum absolute atomic E-state index is 0.263. The molecule has 2 N–H and O–H groups in total. The summed E-state index contributed by atoms with van der Waals surface area (Å²) in [5.74, 6) is 1.75. The number of nitrogens with zero attached hydrogens (tertiary/aromatic N) is 3. The molecule has 8 nitrogen and oxygen atoms in total. The summed E-state index contributed by atoms with van der Waals surface area (Å²) in [5, 5.41) is 5.49. The van der Waals surface area contributed by atoms with E-state index < -0.39 is 6.04 Å². The number of rotatable bonds is 7. The Morgan fingerprint density at radius 3 is 2.58 bits per heavy atom. The first-order chi connectivity index (χ1) is 19.3. The van der Waals surface area contributed by atoms with Crippen LogP contribution in [0.1, 0.15) is 34.1 Å². The Bertz CT molecular complexity index is 1560. The van der Waals surface area contributed by atoms with E-state index in [2.05, 4.69) is 10.00 Å². The van der Waals surface area contributed by atoms with Crippen LogP contribution in [0.25, 0.3) is 0 Å². The van der Waals surface area contributed by atoms with Crippen LogP contribution in [0, 0.1) is 0 Å². The van der Waals surface area contributed by atoms with E-state index in [0.29, 0.717) is 54.3 Å². The number of fused-ring (bicyclic) bond motifs is 2. The number of benzene rings is 3. The van der Waals surface area contributed by atoms with Crippen LogP contribution in [0.5, 0.6) is 17.2 Å². The Hall–Kier alpha value is -3.72. The minimum atomic E-state index is -0.415. The number of carbonyl (C=O) groups is 1.